The Bertz CT molecular complexity index is 411. The molecule has 1 aromatic rings. The van der Waals surface area contributed by atoms with E-state index in [1.165, 1.54) is 76.2 Å². The van der Waals surface area contributed by atoms with Crippen molar-refractivity contribution in [3.63, 3.8) is 0 Å². The Balaban J connectivity index is 2.07. The van der Waals surface area contributed by atoms with Gasteiger partial charge in [-0.25, -0.2) is 0 Å². The van der Waals surface area contributed by atoms with Crippen molar-refractivity contribution in [1.82, 2.24) is 0 Å². The molecule has 2 heteroatoms. The van der Waals surface area contributed by atoms with Crippen molar-refractivity contribution in [2.24, 2.45) is 16.9 Å². The number of hydrogen-bond acceptors (Lipinski definition) is 2. The Hall–Kier alpha value is -0.860. The van der Waals surface area contributed by atoms with Crippen LogP contribution in [0.25, 0.3) is 0 Å². The Morgan fingerprint density at radius 2 is 1.44 bits per heavy atom. The van der Waals surface area contributed by atoms with Crippen LogP contribution in [0, 0.1) is 5.41 Å². The molecule has 4 N–H and O–H groups in total. The van der Waals surface area contributed by atoms with Gasteiger partial charge in [-0.15, -0.1) is 0 Å². The molecule has 144 valence electrons. The fraction of sp³-hybridized carbons (Fsp3) is 0.739. The Morgan fingerprint density at radius 1 is 0.840 bits per heavy atom. The van der Waals surface area contributed by atoms with Gasteiger partial charge in [0.2, 0.25) is 0 Å². The van der Waals surface area contributed by atoms with Crippen molar-refractivity contribution in [3.05, 3.63) is 35.9 Å². The molecule has 0 aliphatic carbocycles. The summed E-state index contributed by atoms with van der Waals surface area (Å²) in [7, 11) is 0. The van der Waals surface area contributed by atoms with Crippen molar-refractivity contribution in [3.8, 4) is 0 Å². The van der Waals surface area contributed by atoms with Crippen molar-refractivity contribution in [1.29, 1.82) is 0 Å². The summed E-state index contributed by atoms with van der Waals surface area (Å²) in [6.45, 7) is 5.46. The summed E-state index contributed by atoms with van der Waals surface area (Å²) in [4.78, 5) is 0. The molecule has 1 rings (SSSR count). The molecule has 0 saturated carbocycles. The van der Waals surface area contributed by atoms with Gasteiger partial charge < -0.3 is 11.5 Å². The predicted octanol–water partition coefficient (Wildman–Crippen LogP) is 6.35. The molecule has 2 atom stereocenters. The van der Waals surface area contributed by atoms with Gasteiger partial charge in [0.1, 0.15) is 0 Å². The van der Waals surface area contributed by atoms with Crippen LogP contribution in [0.15, 0.2) is 30.3 Å². The van der Waals surface area contributed by atoms with E-state index in [2.05, 4.69) is 44.2 Å². The van der Waals surface area contributed by atoms with Crippen molar-refractivity contribution in [2.45, 2.75) is 96.9 Å². The van der Waals surface area contributed by atoms with Gasteiger partial charge in [0, 0.05) is 6.04 Å². The zero-order chi connectivity index (χ0) is 18.4. The largest absolute Gasteiger partial charge is 0.330 e. The molecule has 0 aliphatic rings. The molecular weight excluding hydrogens is 304 g/mol. The normalized spacial score (nSPS) is 15.0. The highest BCUT2D eigenvalue weighted by molar-refractivity contribution is 5.18. The molecule has 0 aliphatic heterocycles. The Morgan fingerprint density at radius 3 is 2.04 bits per heavy atom. The maximum Gasteiger partial charge on any atom is 0.0294 e. The van der Waals surface area contributed by atoms with Gasteiger partial charge in [-0.3, -0.25) is 0 Å². The molecule has 0 amide bonds. The fourth-order valence-electron chi connectivity index (χ4n) is 3.82. The van der Waals surface area contributed by atoms with Crippen LogP contribution in [0.1, 0.15) is 103 Å². The van der Waals surface area contributed by atoms with E-state index in [1.807, 2.05) is 0 Å². The third-order valence-electron chi connectivity index (χ3n) is 5.94. The summed E-state index contributed by atoms with van der Waals surface area (Å²) in [5, 5.41) is 0. The van der Waals surface area contributed by atoms with Gasteiger partial charge in [-0.05, 0) is 43.2 Å². The molecule has 0 aromatic heterocycles. The lowest BCUT2D eigenvalue weighted by atomic mass is 9.76. The smallest absolute Gasteiger partial charge is 0.0294 e. The van der Waals surface area contributed by atoms with Gasteiger partial charge in [0.05, 0.1) is 0 Å². The van der Waals surface area contributed by atoms with E-state index in [4.69, 9.17) is 11.5 Å². The summed E-state index contributed by atoms with van der Waals surface area (Å²) >= 11 is 0. The number of unbranched alkanes of at least 4 members (excludes halogenated alkanes) is 6. The molecule has 0 fully saturated rings. The van der Waals surface area contributed by atoms with E-state index in [0.29, 0.717) is 5.41 Å². The zero-order valence-electron chi connectivity index (χ0n) is 16.8. The van der Waals surface area contributed by atoms with Gasteiger partial charge in [-0.2, -0.15) is 0 Å². The van der Waals surface area contributed by atoms with Crippen LogP contribution >= 0.6 is 0 Å². The third-order valence-corrected chi connectivity index (χ3v) is 5.94. The number of nitrogens with two attached hydrogens (primary N) is 2. The topological polar surface area (TPSA) is 52.0 Å². The molecule has 0 radical (unpaired) electrons. The summed E-state index contributed by atoms with van der Waals surface area (Å²) in [5.41, 5.74) is 14.1. The first-order chi connectivity index (χ1) is 12.2. The second-order valence-electron chi connectivity index (χ2n) is 7.84. The molecule has 0 spiro atoms. The maximum absolute atomic E-state index is 6.26. The van der Waals surface area contributed by atoms with Gasteiger partial charge >= 0.3 is 0 Å². The van der Waals surface area contributed by atoms with Crippen LogP contribution in [0.4, 0.5) is 0 Å². The highest BCUT2D eigenvalue weighted by atomic mass is 14.6. The minimum atomic E-state index is 0.203. The lowest BCUT2D eigenvalue weighted by molar-refractivity contribution is 0.223. The van der Waals surface area contributed by atoms with Crippen LogP contribution < -0.4 is 11.5 Å². The van der Waals surface area contributed by atoms with Crippen molar-refractivity contribution in [2.75, 3.05) is 6.54 Å². The lowest BCUT2D eigenvalue weighted by Crippen LogP contribution is -2.29. The van der Waals surface area contributed by atoms with Crippen LogP contribution in [-0.4, -0.2) is 6.54 Å². The first kappa shape index (κ1) is 22.2. The van der Waals surface area contributed by atoms with E-state index >= 15 is 0 Å². The van der Waals surface area contributed by atoms with Gasteiger partial charge in [-0.1, -0.05) is 95.5 Å². The van der Waals surface area contributed by atoms with Gasteiger partial charge in [0.25, 0.3) is 0 Å². The molecule has 0 bridgehead atoms. The zero-order valence-corrected chi connectivity index (χ0v) is 16.8. The predicted molar refractivity (Wildman–Crippen MR) is 112 cm³/mol. The standard InChI is InChI=1S/C23H42N2/c1-3-5-18-23(4-2,20-24)19-14-9-7-6-8-13-17-22(25)21-15-11-10-12-16-21/h10-12,15-16,22H,3-9,13-14,17-20,24-25H2,1-2H3. The maximum atomic E-state index is 6.26. The van der Waals surface area contributed by atoms with Crippen LogP contribution in [0.3, 0.4) is 0 Å². The Labute approximate surface area is 156 Å². The monoisotopic (exact) mass is 346 g/mol. The average Bonchev–Trinajstić information content (AvgIpc) is 2.67. The lowest BCUT2D eigenvalue weighted by Gasteiger charge is -2.31. The second kappa shape index (κ2) is 13.4. The average molecular weight is 347 g/mol. The summed E-state index contributed by atoms with van der Waals surface area (Å²) in [6.07, 6.45) is 15.6. The van der Waals surface area contributed by atoms with Crippen molar-refractivity contribution < 1.29 is 0 Å². The fourth-order valence-corrected chi connectivity index (χ4v) is 3.82. The molecule has 2 nitrogen and oxygen atoms in total. The van der Waals surface area contributed by atoms with Crippen LogP contribution in [-0.2, 0) is 0 Å². The first-order valence-electron chi connectivity index (χ1n) is 10.7. The van der Waals surface area contributed by atoms with Crippen LogP contribution in [0.5, 0.6) is 0 Å². The van der Waals surface area contributed by atoms with E-state index < -0.39 is 0 Å². The highest BCUT2D eigenvalue weighted by Crippen LogP contribution is 2.33. The molecule has 0 heterocycles. The molecule has 0 saturated heterocycles. The molecular formula is C23H42N2. The molecule has 25 heavy (non-hydrogen) atoms. The summed E-state index contributed by atoms with van der Waals surface area (Å²) in [5.74, 6) is 0. The van der Waals surface area contributed by atoms with E-state index in [1.54, 1.807) is 0 Å². The second-order valence-corrected chi connectivity index (χ2v) is 7.84. The minimum Gasteiger partial charge on any atom is -0.330 e. The van der Waals surface area contributed by atoms with E-state index in [9.17, 15) is 0 Å². The number of benzene rings is 1. The summed E-state index contributed by atoms with van der Waals surface area (Å²) < 4.78 is 0. The first-order valence-corrected chi connectivity index (χ1v) is 10.7. The van der Waals surface area contributed by atoms with E-state index in [0.717, 1.165) is 13.0 Å². The van der Waals surface area contributed by atoms with E-state index in [-0.39, 0.29) is 6.04 Å². The molecule has 2 unspecified atom stereocenters. The quantitative estimate of drug-likeness (QED) is 0.363. The minimum absolute atomic E-state index is 0.203. The Kier molecular flexibility index (Phi) is 11.9. The molecule has 1 aromatic carbocycles. The van der Waals surface area contributed by atoms with Crippen molar-refractivity contribution >= 4 is 0 Å². The van der Waals surface area contributed by atoms with Gasteiger partial charge in [0.15, 0.2) is 0 Å². The third kappa shape index (κ3) is 8.87. The summed E-state index contributed by atoms with van der Waals surface area (Å²) in [6, 6.07) is 10.7. The highest BCUT2D eigenvalue weighted by Gasteiger charge is 2.24. The van der Waals surface area contributed by atoms with Crippen LogP contribution in [0.2, 0.25) is 0 Å². The number of hydrogen-bond donors (Lipinski definition) is 2. The number of rotatable bonds is 15. The SMILES string of the molecule is CCCCC(CC)(CN)CCCCCCCCC(N)c1ccccc1.